The van der Waals surface area contributed by atoms with Gasteiger partial charge in [0, 0.05) is 6.42 Å². The van der Waals surface area contributed by atoms with E-state index in [2.05, 4.69) is 24.6 Å². The van der Waals surface area contributed by atoms with Crippen molar-refractivity contribution >= 4 is 74.0 Å². The van der Waals surface area contributed by atoms with Gasteiger partial charge in [-0.05, 0) is 52.7 Å². The van der Waals surface area contributed by atoms with Crippen molar-refractivity contribution in [1.29, 1.82) is 0 Å². The quantitative estimate of drug-likeness (QED) is 0.0489. The number of carbonyl (C=O) groups is 3. The third-order valence-electron chi connectivity index (χ3n) is 7.14. The summed E-state index contributed by atoms with van der Waals surface area (Å²) in [5.41, 5.74) is 11.2. The molecule has 0 aliphatic carbocycles. The monoisotopic (exact) mass is 829 g/mol. The molecule has 2 aromatic heterocycles. The first-order chi connectivity index (χ1) is 23.6. The number of alkyl halides is 1. The maximum absolute atomic E-state index is 14.6. The summed E-state index contributed by atoms with van der Waals surface area (Å²) < 4.78 is 58.4. The third-order valence-corrected chi connectivity index (χ3v) is 10.8. The first kappa shape index (κ1) is 36.9. The van der Waals surface area contributed by atoms with Crippen molar-refractivity contribution in [2.24, 2.45) is 0 Å². The number of fused-ring (bicyclic) bond motifs is 2. The number of rotatable bonds is 15. The number of aromatic nitrogens is 4. The molecule has 4 atom stereocenters. The van der Waals surface area contributed by atoms with Crippen molar-refractivity contribution < 1.29 is 51.7 Å². The number of nitrogen functional groups attached to an aromatic ring is 2. The van der Waals surface area contributed by atoms with Gasteiger partial charge in [-0.1, -0.05) is 43.4 Å². The van der Waals surface area contributed by atoms with E-state index in [0.717, 1.165) is 0 Å². The SMILES string of the molecule is C=I[C@H](NP(=O)(OCC1=C2OC(=O)OC2(C)[C@H](n2cnc3c(N)nc(N)nc32)O1)Oc1ccccc1CCC(=O)OC(C)C)C(=O)OC(C)C. The fraction of sp³-hybridized carbons (Fsp3) is 0.433. The van der Waals surface area contributed by atoms with Gasteiger partial charge in [-0.3, -0.25) is 13.9 Å². The highest BCUT2D eigenvalue weighted by atomic mass is 127. The van der Waals surface area contributed by atoms with Crippen molar-refractivity contribution in [1.82, 2.24) is 24.6 Å². The Morgan fingerprint density at radius 1 is 1.16 bits per heavy atom. The standard InChI is InChI=1S/C30H37IN7O11P/c1-15(2)44-20(39)12-11-17-9-7-8-10-18(17)49-50(42,37-23(31-6)26(40)45-16(3)4)43-13-19-22-30(5,48-29(41)47-22)27(46-19)38-14-34-21-24(32)35-28(33)36-25(21)38/h7-10,14-16,23,27H,6,11-13H2,1-5H3,(H,37,42)(H4,32,33,35,36)/t23-,27-,30?,50?/m1/s1. The van der Waals surface area contributed by atoms with Crippen LogP contribution in [0.25, 0.3) is 11.2 Å². The molecule has 1 saturated heterocycles. The van der Waals surface area contributed by atoms with Crippen LogP contribution in [0.3, 0.4) is 0 Å². The lowest BCUT2D eigenvalue weighted by Crippen LogP contribution is -2.35. The molecule has 20 heteroatoms. The van der Waals surface area contributed by atoms with E-state index in [1.807, 2.05) is 0 Å². The van der Waals surface area contributed by atoms with Crippen LogP contribution >= 0.6 is 28.5 Å². The molecule has 0 radical (unpaired) electrons. The van der Waals surface area contributed by atoms with Crippen molar-refractivity contribution in [2.75, 3.05) is 18.1 Å². The molecule has 0 saturated carbocycles. The van der Waals surface area contributed by atoms with Crippen LogP contribution in [0.4, 0.5) is 16.6 Å². The molecule has 4 heterocycles. The second-order valence-corrected chi connectivity index (χ2v) is 15.5. The summed E-state index contributed by atoms with van der Waals surface area (Å²) in [6.07, 6.45) is -1.37. The van der Waals surface area contributed by atoms with Gasteiger partial charge in [0.1, 0.15) is 24.2 Å². The fourth-order valence-corrected chi connectivity index (χ4v) is 8.55. The van der Waals surface area contributed by atoms with Gasteiger partial charge in [-0.15, -0.1) is 0 Å². The number of nitrogens with one attached hydrogen (secondary N) is 1. The molecular weight excluding hydrogens is 792 g/mol. The zero-order valence-electron chi connectivity index (χ0n) is 27.8. The number of nitrogens with zero attached hydrogens (tertiary/aromatic N) is 4. The number of para-hydroxylation sites is 1. The topological polar surface area (TPSA) is 241 Å². The first-order valence-corrected chi connectivity index (χ1v) is 19.6. The van der Waals surface area contributed by atoms with Crippen LogP contribution in [-0.2, 0) is 48.8 Å². The molecule has 3 aromatic rings. The molecule has 18 nitrogen and oxygen atoms in total. The van der Waals surface area contributed by atoms with Crippen LogP contribution in [0, 0.1) is 0 Å². The third kappa shape index (κ3) is 8.00. The lowest BCUT2D eigenvalue weighted by Gasteiger charge is -2.26. The molecule has 5 rings (SSSR count). The van der Waals surface area contributed by atoms with Crippen LogP contribution in [0.15, 0.2) is 42.1 Å². The second-order valence-electron chi connectivity index (χ2n) is 11.7. The van der Waals surface area contributed by atoms with E-state index in [0.29, 0.717) is 5.56 Å². The summed E-state index contributed by atoms with van der Waals surface area (Å²) >= 11 is -1.21. The van der Waals surface area contributed by atoms with Crippen molar-refractivity contribution in [3.8, 4) is 5.75 Å². The van der Waals surface area contributed by atoms with Crippen molar-refractivity contribution in [3.05, 3.63) is 47.7 Å². The van der Waals surface area contributed by atoms with Crippen LogP contribution < -0.4 is 21.1 Å². The van der Waals surface area contributed by atoms with Crippen LogP contribution in [0.2, 0.25) is 0 Å². The highest BCUT2D eigenvalue weighted by Gasteiger charge is 2.60. The van der Waals surface area contributed by atoms with Gasteiger partial charge < -0.3 is 39.7 Å². The number of imidazole rings is 1. The highest BCUT2D eigenvalue weighted by molar-refractivity contribution is 14.2. The van der Waals surface area contributed by atoms with Crippen molar-refractivity contribution in [2.45, 2.75) is 75.5 Å². The van der Waals surface area contributed by atoms with Gasteiger partial charge in [-0.2, -0.15) is 15.1 Å². The minimum atomic E-state index is -4.51. The number of anilines is 2. The summed E-state index contributed by atoms with van der Waals surface area (Å²) in [5.74, 6) is -1.27. The van der Waals surface area contributed by atoms with Gasteiger partial charge in [0.05, 0.1) is 12.2 Å². The number of carbonyl (C=O) groups excluding carboxylic acids is 3. The van der Waals surface area contributed by atoms with E-state index < -0.39 is 75.2 Å². The van der Waals surface area contributed by atoms with Gasteiger partial charge in [-0.25, -0.2) is 19.1 Å². The first-order valence-electron chi connectivity index (χ1n) is 15.3. The molecule has 5 N–H and O–H groups in total. The predicted octanol–water partition coefficient (Wildman–Crippen LogP) is 4.01. The molecule has 1 aromatic carbocycles. The molecule has 50 heavy (non-hydrogen) atoms. The molecule has 0 amide bonds. The maximum Gasteiger partial charge on any atom is 0.515 e. The average molecular weight is 830 g/mol. The molecule has 0 bridgehead atoms. The molecule has 2 aliphatic heterocycles. The van der Waals surface area contributed by atoms with E-state index >= 15 is 0 Å². The number of benzene rings is 1. The van der Waals surface area contributed by atoms with E-state index in [-0.39, 0.29) is 59.1 Å². The predicted molar refractivity (Wildman–Crippen MR) is 187 cm³/mol. The number of aryl methyl sites for hydroxylation is 1. The Labute approximate surface area is 296 Å². The number of nitrogens with two attached hydrogens (primary N) is 2. The Morgan fingerprint density at radius 2 is 1.88 bits per heavy atom. The van der Waals surface area contributed by atoms with E-state index in [4.69, 9.17) is 44.2 Å². The Morgan fingerprint density at radius 3 is 2.58 bits per heavy atom. The average Bonchev–Trinajstić information content (AvgIpc) is 3.66. The Kier molecular flexibility index (Phi) is 11.0. The molecule has 1 fully saturated rings. The van der Waals surface area contributed by atoms with Crippen LogP contribution in [-0.4, -0.2) is 70.6 Å². The Balaban J connectivity index is 1.45. The highest BCUT2D eigenvalue weighted by Crippen LogP contribution is 2.52. The van der Waals surface area contributed by atoms with Gasteiger partial charge in [0.25, 0.3) is 0 Å². The summed E-state index contributed by atoms with van der Waals surface area (Å²) in [6.45, 7) is 7.76. The smallest absolute Gasteiger partial charge is 0.463 e. The number of halogens is 1. The van der Waals surface area contributed by atoms with Crippen molar-refractivity contribution in [3.63, 3.8) is 0 Å². The van der Waals surface area contributed by atoms with Gasteiger partial charge in [0.2, 0.25) is 23.5 Å². The summed E-state index contributed by atoms with van der Waals surface area (Å²) in [5, 5.41) is 2.68. The number of hydrogen-bond donors (Lipinski definition) is 3. The van der Waals surface area contributed by atoms with Crippen LogP contribution in [0.1, 0.15) is 52.8 Å². The summed E-state index contributed by atoms with van der Waals surface area (Å²) in [4.78, 5) is 50.0. The second kappa shape index (κ2) is 14.9. The Hall–Kier alpha value is -4.33. The van der Waals surface area contributed by atoms with Crippen LogP contribution in [0.5, 0.6) is 5.75 Å². The summed E-state index contributed by atoms with van der Waals surface area (Å²) in [7, 11) is -4.51. The van der Waals surface area contributed by atoms with Gasteiger partial charge in [0.15, 0.2) is 21.3 Å². The van der Waals surface area contributed by atoms with E-state index in [1.165, 1.54) is 17.8 Å². The molecule has 270 valence electrons. The minimum Gasteiger partial charge on any atom is -0.463 e. The largest absolute Gasteiger partial charge is 0.515 e. The molecule has 2 unspecified atom stereocenters. The zero-order valence-corrected chi connectivity index (χ0v) is 30.8. The normalized spacial score (nSPS) is 20.2. The zero-order chi connectivity index (χ0) is 36.4. The molecular formula is C30H37IN7O11P. The lowest BCUT2D eigenvalue weighted by atomic mass is 10.0. The lowest BCUT2D eigenvalue weighted by molar-refractivity contribution is -0.148. The summed E-state index contributed by atoms with van der Waals surface area (Å²) in [6, 6.07) is 6.59. The van der Waals surface area contributed by atoms with Gasteiger partial charge >= 0.3 is 25.8 Å². The van der Waals surface area contributed by atoms with E-state index in [9.17, 15) is 18.9 Å². The minimum absolute atomic E-state index is 0.0193. The number of hydrogen-bond acceptors (Lipinski definition) is 16. The number of ether oxygens (including phenoxy) is 5. The maximum atomic E-state index is 14.6. The van der Waals surface area contributed by atoms with E-state index in [1.54, 1.807) is 52.0 Å². The number of esters is 2. The molecule has 0 spiro atoms. The Bertz CT molecular complexity index is 1900. The fourth-order valence-electron chi connectivity index (χ4n) is 5.07. The molecule has 2 aliphatic rings.